The molecule has 0 radical (unpaired) electrons. The Morgan fingerprint density at radius 3 is 2.62 bits per heavy atom. The molecule has 0 aliphatic rings. The maximum absolute atomic E-state index is 12.0. The molecule has 0 aliphatic heterocycles. The van der Waals surface area contributed by atoms with E-state index in [0.29, 0.717) is 0 Å². The third kappa shape index (κ3) is 4.95. The molecule has 0 aromatic heterocycles. The summed E-state index contributed by atoms with van der Waals surface area (Å²) < 4.78 is 1.91. The lowest BCUT2D eigenvalue weighted by Crippen LogP contribution is -2.30. The van der Waals surface area contributed by atoms with Crippen molar-refractivity contribution in [2.75, 3.05) is 11.9 Å². The van der Waals surface area contributed by atoms with Crippen LogP contribution >= 0.6 is 31.9 Å². The number of rotatable bonds is 5. The van der Waals surface area contributed by atoms with Gasteiger partial charge in [0.2, 0.25) is 5.91 Å². The second-order valence-electron chi connectivity index (χ2n) is 4.69. The topological polar surface area (TPSA) is 41.1 Å². The summed E-state index contributed by atoms with van der Waals surface area (Å²) >= 11 is 6.86. The van der Waals surface area contributed by atoms with Crippen LogP contribution in [0.25, 0.3) is 0 Å². The van der Waals surface area contributed by atoms with Gasteiger partial charge in [-0.05, 0) is 52.7 Å². The molecule has 1 unspecified atom stereocenters. The highest BCUT2D eigenvalue weighted by atomic mass is 79.9. The summed E-state index contributed by atoms with van der Waals surface area (Å²) in [4.78, 5) is 12.0. The van der Waals surface area contributed by atoms with E-state index in [1.807, 2.05) is 55.5 Å². The van der Waals surface area contributed by atoms with Crippen LogP contribution in [-0.4, -0.2) is 12.5 Å². The van der Waals surface area contributed by atoms with Gasteiger partial charge in [-0.3, -0.25) is 4.79 Å². The van der Waals surface area contributed by atoms with Crippen molar-refractivity contribution in [1.82, 2.24) is 5.32 Å². The summed E-state index contributed by atoms with van der Waals surface area (Å²) in [6.07, 6.45) is 0. The van der Waals surface area contributed by atoms with Gasteiger partial charge in [-0.1, -0.05) is 40.2 Å². The van der Waals surface area contributed by atoms with E-state index in [0.717, 1.165) is 20.2 Å². The molecule has 1 amide bonds. The van der Waals surface area contributed by atoms with Gasteiger partial charge in [0.05, 0.1) is 12.2 Å². The van der Waals surface area contributed by atoms with Crippen LogP contribution in [0.4, 0.5) is 5.69 Å². The fraction of sp³-hybridized carbons (Fsp3) is 0.188. The summed E-state index contributed by atoms with van der Waals surface area (Å²) in [7, 11) is 0. The maximum atomic E-state index is 12.0. The molecule has 0 fully saturated rings. The van der Waals surface area contributed by atoms with Crippen LogP contribution < -0.4 is 10.6 Å². The molecule has 2 aromatic carbocycles. The molecule has 0 spiro atoms. The van der Waals surface area contributed by atoms with Gasteiger partial charge in [-0.25, -0.2) is 0 Å². The predicted molar refractivity (Wildman–Crippen MR) is 93.3 cm³/mol. The molecule has 2 N–H and O–H groups in total. The number of amides is 1. The van der Waals surface area contributed by atoms with Crippen LogP contribution in [-0.2, 0) is 4.79 Å². The van der Waals surface area contributed by atoms with Gasteiger partial charge in [0.1, 0.15) is 0 Å². The van der Waals surface area contributed by atoms with Crippen molar-refractivity contribution in [2.24, 2.45) is 0 Å². The van der Waals surface area contributed by atoms with Gasteiger partial charge in [-0.2, -0.15) is 0 Å². The first-order valence-electron chi connectivity index (χ1n) is 6.59. The van der Waals surface area contributed by atoms with Gasteiger partial charge in [-0.15, -0.1) is 0 Å². The number of hydrogen-bond acceptors (Lipinski definition) is 2. The van der Waals surface area contributed by atoms with Crippen molar-refractivity contribution in [3.63, 3.8) is 0 Å². The van der Waals surface area contributed by atoms with E-state index in [4.69, 9.17) is 0 Å². The zero-order valence-electron chi connectivity index (χ0n) is 11.6. The van der Waals surface area contributed by atoms with Crippen molar-refractivity contribution < 1.29 is 4.79 Å². The first kappa shape index (κ1) is 16.2. The van der Waals surface area contributed by atoms with Crippen molar-refractivity contribution in [3.05, 3.63) is 63.0 Å². The average Bonchev–Trinajstić information content (AvgIpc) is 2.47. The second kappa shape index (κ2) is 7.73. The van der Waals surface area contributed by atoms with Crippen LogP contribution in [0.5, 0.6) is 0 Å². The lowest BCUT2D eigenvalue weighted by Gasteiger charge is -2.15. The highest BCUT2D eigenvalue weighted by Gasteiger charge is 2.09. The summed E-state index contributed by atoms with van der Waals surface area (Å²) in [5.41, 5.74) is 1.91. The monoisotopic (exact) mass is 410 g/mol. The minimum absolute atomic E-state index is 0.0660. The number of anilines is 1. The summed E-state index contributed by atoms with van der Waals surface area (Å²) in [5, 5.41) is 6.09. The fourth-order valence-corrected chi connectivity index (χ4v) is 2.70. The van der Waals surface area contributed by atoms with Crippen LogP contribution in [0.2, 0.25) is 0 Å². The van der Waals surface area contributed by atoms with Gasteiger partial charge < -0.3 is 10.6 Å². The normalized spacial score (nSPS) is 12.0. The number of carbonyl (C=O) groups excluding carboxylic acids is 1. The first-order chi connectivity index (χ1) is 10.1. The molecule has 0 saturated carbocycles. The molecule has 0 saturated heterocycles. The number of para-hydroxylation sites is 1. The van der Waals surface area contributed by atoms with E-state index in [1.54, 1.807) is 0 Å². The van der Waals surface area contributed by atoms with E-state index < -0.39 is 0 Å². The molecule has 0 bridgehead atoms. The smallest absolute Gasteiger partial charge is 0.238 e. The van der Waals surface area contributed by atoms with Crippen LogP contribution in [0.3, 0.4) is 0 Å². The lowest BCUT2D eigenvalue weighted by atomic mass is 10.1. The second-order valence-corrected chi connectivity index (χ2v) is 6.46. The number of benzene rings is 2. The number of halogens is 2. The van der Waals surface area contributed by atoms with E-state index in [9.17, 15) is 4.79 Å². The Labute approximate surface area is 141 Å². The predicted octanol–water partition coefficient (Wildman–Crippen LogP) is 4.50. The average molecular weight is 412 g/mol. The number of nitrogens with one attached hydrogen (secondary N) is 2. The van der Waals surface area contributed by atoms with E-state index in [-0.39, 0.29) is 18.5 Å². The molecular weight excluding hydrogens is 396 g/mol. The summed E-state index contributed by atoms with van der Waals surface area (Å²) in [6, 6.07) is 15.7. The highest BCUT2D eigenvalue weighted by molar-refractivity contribution is 9.10. The molecule has 0 heterocycles. The third-order valence-corrected chi connectivity index (χ3v) is 4.25. The molecule has 0 aliphatic carbocycles. The Kier molecular flexibility index (Phi) is 5.96. The van der Waals surface area contributed by atoms with Gasteiger partial charge >= 0.3 is 0 Å². The molecule has 21 heavy (non-hydrogen) atoms. The molecule has 1 atom stereocenters. The Hall–Kier alpha value is -1.17. The molecule has 5 heteroatoms. The van der Waals surface area contributed by atoms with Crippen LogP contribution in [0.1, 0.15) is 18.5 Å². The molecule has 2 rings (SSSR count). The minimum Gasteiger partial charge on any atom is -0.324 e. The highest BCUT2D eigenvalue weighted by Crippen LogP contribution is 2.21. The quantitative estimate of drug-likeness (QED) is 0.760. The Bertz CT molecular complexity index is 631. The van der Waals surface area contributed by atoms with Gasteiger partial charge in [0.25, 0.3) is 0 Å². The van der Waals surface area contributed by atoms with Crippen LogP contribution in [0.15, 0.2) is 57.5 Å². The standard InChI is InChI=1S/C16H16Br2N2O/c1-11(12-5-4-6-13(17)9-12)19-10-16(21)20-15-8-3-2-7-14(15)18/h2-9,11,19H,10H2,1H3,(H,20,21). The zero-order chi connectivity index (χ0) is 15.2. The SMILES string of the molecule is CC(NCC(=O)Nc1ccccc1Br)c1cccc(Br)c1. The molecule has 2 aromatic rings. The van der Waals surface area contributed by atoms with Crippen LogP contribution in [0, 0.1) is 0 Å². The van der Waals surface area contributed by atoms with Gasteiger partial charge in [0, 0.05) is 15.0 Å². The number of hydrogen-bond donors (Lipinski definition) is 2. The minimum atomic E-state index is -0.0660. The Balaban J connectivity index is 1.88. The van der Waals surface area contributed by atoms with E-state index in [1.165, 1.54) is 0 Å². The third-order valence-electron chi connectivity index (χ3n) is 3.07. The zero-order valence-corrected chi connectivity index (χ0v) is 14.7. The van der Waals surface area contributed by atoms with Crippen molar-refractivity contribution in [3.8, 4) is 0 Å². The number of carbonyl (C=O) groups is 1. The van der Waals surface area contributed by atoms with Crippen molar-refractivity contribution in [2.45, 2.75) is 13.0 Å². The Morgan fingerprint density at radius 1 is 1.14 bits per heavy atom. The maximum Gasteiger partial charge on any atom is 0.238 e. The summed E-state index contributed by atoms with van der Waals surface area (Å²) in [5.74, 6) is -0.0660. The Morgan fingerprint density at radius 2 is 1.90 bits per heavy atom. The van der Waals surface area contributed by atoms with Gasteiger partial charge in [0.15, 0.2) is 0 Å². The van der Waals surface area contributed by atoms with Crippen molar-refractivity contribution in [1.29, 1.82) is 0 Å². The largest absolute Gasteiger partial charge is 0.324 e. The fourth-order valence-electron chi connectivity index (χ4n) is 1.90. The van der Waals surface area contributed by atoms with E-state index >= 15 is 0 Å². The summed E-state index contributed by atoms with van der Waals surface area (Å²) in [6.45, 7) is 2.29. The molecule has 110 valence electrons. The first-order valence-corrected chi connectivity index (χ1v) is 8.18. The lowest BCUT2D eigenvalue weighted by molar-refractivity contribution is -0.115. The molecule has 3 nitrogen and oxygen atoms in total. The van der Waals surface area contributed by atoms with E-state index in [2.05, 4.69) is 42.5 Å². The van der Waals surface area contributed by atoms with Crippen molar-refractivity contribution >= 4 is 43.5 Å². The molecular formula is C16H16Br2N2O.